The van der Waals surface area contributed by atoms with Gasteiger partial charge < -0.3 is 14.7 Å². The van der Waals surface area contributed by atoms with Crippen LogP contribution >= 0.6 is 11.6 Å². The second-order valence-corrected chi connectivity index (χ2v) is 7.72. The van der Waals surface area contributed by atoms with Gasteiger partial charge in [-0.25, -0.2) is 0 Å². The van der Waals surface area contributed by atoms with E-state index in [2.05, 4.69) is 27.4 Å². The highest BCUT2D eigenvalue weighted by Crippen LogP contribution is 2.28. The number of carbonyl (C=O) groups excluding carboxylic acids is 1. The van der Waals surface area contributed by atoms with E-state index < -0.39 is 0 Å². The number of nitrogens with zero attached hydrogens (tertiary/aromatic N) is 4. The molecule has 2 saturated heterocycles. The lowest BCUT2D eigenvalue weighted by Gasteiger charge is -2.31. The van der Waals surface area contributed by atoms with Gasteiger partial charge in [-0.1, -0.05) is 16.8 Å². The molecule has 0 radical (unpaired) electrons. The summed E-state index contributed by atoms with van der Waals surface area (Å²) < 4.78 is 5.58. The van der Waals surface area contributed by atoms with Crippen LogP contribution in [0.1, 0.15) is 46.9 Å². The summed E-state index contributed by atoms with van der Waals surface area (Å²) in [4.78, 5) is 21.6. The van der Waals surface area contributed by atoms with Crippen LogP contribution in [0.5, 0.6) is 0 Å². The topological polar surface area (TPSA) is 74.5 Å². The molecule has 3 heterocycles. The number of benzene rings is 1. The molecule has 27 heavy (non-hydrogen) atoms. The Hall–Kier alpha value is -1.96. The fourth-order valence-electron chi connectivity index (χ4n) is 3.78. The number of amides is 1. The average Bonchev–Trinajstić information content (AvgIpc) is 3.18. The predicted molar refractivity (Wildman–Crippen MR) is 102 cm³/mol. The van der Waals surface area contributed by atoms with Crippen molar-refractivity contribution in [3.05, 3.63) is 46.6 Å². The van der Waals surface area contributed by atoms with Gasteiger partial charge in [0, 0.05) is 43.3 Å². The molecule has 0 spiro atoms. The van der Waals surface area contributed by atoms with E-state index in [1.165, 1.54) is 0 Å². The van der Waals surface area contributed by atoms with Crippen LogP contribution in [-0.4, -0.2) is 65.6 Å². The van der Waals surface area contributed by atoms with E-state index in [1.807, 2.05) is 4.90 Å². The van der Waals surface area contributed by atoms with E-state index in [1.54, 1.807) is 24.3 Å². The van der Waals surface area contributed by atoms with Gasteiger partial charge in [-0.2, -0.15) is 4.98 Å². The van der Waals surface area contributed by atoms with Gasteiger partial charge in [0.2, 0.25) is 5.89 Å². The molecule has 2 aliphatic heterocycles. The van der Waals surface area contributed by atoms with Gasteiger partial charge >= 0.3 is 0 Å². The van der Waals surface area contributed by atoms with Gasteiger partial charge in [-0.05, 0) is 44.2 Å². The molecule has 7 nitrogen and oxygen atoms in total. The van der Waals surface area contributed by atoms with Crippen LogP contribution in [0.2, 0.25) is 5.02 Å². The van der Waals surface area contributed by atoms with Crippen molar-refractivity contribution < 1.29 is 9.32 Å². The minimum Gasteiger partial charge on any atom is -0.339 e. The molecule has 4 rings (SSSR count). The molecule has 144 valence electrons. The van der Waals surface area contributed by atoms with Crippen molar-refractivity contribution in [3.63, 3.8) is 0 Å². The van der Waals surface area contributed by atoms with Gasteiger partial charge in [0.1, 0.15) is 0 Å². The second kappa shape index (κ2) is 7.96. The molecule has 0 saturated carbocycles. The molecular formula is C19H24ClN5O2. The molecule has 2 aromatic rings. The summed E-state index contributed by atoms with van der Waals surface area (Å²) in [7, 11) is 2.08. The molecule has 0 bridgehead atoms. The first-order chi connectivity index (χ1) is 13.1. The molecule has 2 fully saturated rings. The number of halogens is 1. The summed E-state index contributed by atoms with van der Waals surface area (Å²) >= 11 is 5.92. The van der Waals surface area contributed by atoms with Crippen molar-refractivity contribution >= 4 is 17.5 Å². The third-order valence-electron chi connectivity index (χ3n) is 5.42. The summed E-state index contributed by atoms with van der Waals surface area (Å²) in [6.07, 6.45) is 1.87. The summed E-state index contributed by atoms with van der Waals surface area (Å²) in [5.41, 5.74) is 0.654. The molecule has 1 aromatic carbocycles. The maximum absolute atomic E-state index is 12.8. The van der Waals surface area contributed by atoms with Crippen LogP contribution in [0.25, 0.3) is 0 Å². The quantitative estimate of drug-likeness (QED) is 0.868. The monoisotopic (exact) mass is 389 g/mol. The van der Waals surface area contributed by atoms with Gasteiger partial charge in [0.05, 0.1) is 12.0 Å². The number of piperidine rings is 1. The average molecular weight is 390 g/mol. The molecule has 1 N–H and O–H groups in total. The molecule has 2 atom stereocenters. The zero-order chi connectivity index (χ0) is 18.8. The van der Waals surface area contributed by atoms with Crippen molar-refractivity contribution in [2.75, 3.05) is 39.8 Å². The number of likely N-dealkylation sites (tertiary alicyclic amines) is 1. The highest BCUT2D eigenvalue weighted by atomic mass is 35.5. The van der Waals surface area contributed by atoms with Crippen LogP contribution in [0.3, 0.4) is 0 Å². The number of likely N-dealkylation sites (N-methyl/N-ethyl adjacent to an activating group) is 1. The Labute approximate surface area is 163 Å². The fourth-order valence-corrected chi connectivity index (χ4v) is 3.91. The summed E-state index contributed by atoms with van der Waals surface area (Å²) in [5.74, 6) is 1.46. The first-order valence-electron chi connectivity index (χ1n) is 9.41. The first kappa shape index (κ1) is 18.4. The Balaban J connectivity index is 1.45. The third kappa shape index (κ3) is 4.00. The SMILES string of the molecule is CN1CCNCC1c1noc(C2CCCN(C(=O)c3ccc(Cl)cc3)C2)n1. The van der Waals surface area contributed by atoms with Crippen molar-refractivity contribution in [1.29, 1.82) is 0 Å². The Morgan fingerprint density at radius 2 is 2.11 bits per heavy atom. The zero-order valence-corrected chi connectivity index (χ0v) is 16.2. The van der Waals surface area contributed by atoms with Gasteiger partial charge in [-0.3, -0.25) is 9.69 Å². The summed E-state index contributed by atoms with van der Waals surface area (Å²) in [6.45, 7) is 4.10. The van der Waals surface area contributed by atoms with Crippen molar-refractivity contribution in [3.8, 4) is 0 Å². The number of carbonyl (C=O) groups is 1. The number of hydrogen-bond donors (Lipinski definition) is 1. The standard InChI is InChI=1S/C19H24ClN5O2/c1-24-10-8-21-11-16(24)17-22-18(27-23-17)14-3-2-9-25(12-14)19(26)13-4-6-15(20)7-5-13/h4-7,14,16,21H,2-3,8-12H2,1H3. The highest BCUT2D eigenvalue weighted by Gasteiger charge is 2.31. The van der Waals surface area contributed by atoms with Crippen LogP contribution in [0.4, 0.5) is 0 Å². The Bertz CT molecular complexity index is 794. The van der Waals surface area contributed by atoms with Crippen LogP contribution in [0.15, 0.2) is 28.8 Å². The van der Waals surface area contributed by atoms with Crippen LogP contribution in [-0.2, 0) is 0 Å². The molecule has 1 amide bonds. The molecule has 1 aromatic heterocycles. The Morgan fingerprint density at radius 1 is 1.30 bits per heavy atom. The van der Waals surface area contributed by atoms with E-state index in [0.29, 0.717) is 23.0 Å². The fraction of sp³-hybridized carbons (Fsp3) is 0.526. The number of hydrogen-bond acceptors (Lipinski definition) is 6. The maximum Gasteiger partial charge on any atom is 0.253 e. The summed E-state index contributed by atoms with van der Waals surface area (Å²) in [6, 6.07) is 7.16. The molecule has 2 unspecified atom stereocenters. The van der Waals surface area contributed by atoms with Crippen molar-refractivity contribution in [2.45, 2.75) is 24.8 Å². The van der Waals surface area contributed by atoms with E-state index >= 15 is 0 Å². The van der Waals surface area contributed by atoms with Crippen molar-refractivity contribution in [2.24, 2.45) is 0 Å². The first-order valence-corrected chi connectivity index (χ1v) is 9.79. The number of rotatable bonds is 3. The highest BCUT2D eigenvalue weighted by molar-refractivity contribution is 6.30. The lowest BCUT2D eigenvalue weighted by molar-refractivity contribution is 0.0695. The third-order valence-corrected chi connectivity index (χ3v) is 5.67. The van der Waals surface area contributed by atoms with E-state index in [4.69, 9.17) is 16.1 Å². The van der Waals surface area contributed by atoms with Gasteiger partial charge in [0.15, 0.2) is 5.82 Å². The minimum atomic E-state index is 0.0207. The smallest absolute Gasteiger partial charge is 0.253 e. The normalized spacial score (nSPS) is 24.1. The Kier molecular flexibility index (Phi) is 5.43. The van der Waals surface area contributed by atoms with Crippen LogP contribution < -0.4 is 5.32 Å². The van der Waals surface area contributed by atoms with Gasteiger partial charge in [0.25, 0.3) is 5.91 Å². The zero-order valence-electron chi connectivity index (χ0n) is 15.4. The maximum atomic E-state index is 12.8. The van der Waals surface area contributed by atoms with Crippen molar-refractivity contribution in [1.82, 2.24) is 25.3 Å². The lowest BCUT2D eigenvalue weighted by atomic mass is 9.97. The molecule has 0 aliphatic carbocycles. The second-order valence-electron chi connectivity index (χ2n) is 7.29. The largest absolute Gasteiger partial charge is 0.339 e. The lowest BCUT2D eigenvalue weighted by Crippen LogP contribution is -2.44. The predicted octanol–water partition coefficient (Wildman–Crippen LogP) is 2.32. The minimum absolute atomic E-state index is 0.0207. The Morgan fingerprint density at radius 3 is 2.89 bits per heavy atom. The number of piperazine rings is 1. The molecule has 8 heteroatoms. The van der Waals surface area contributed by atoms with E-state index in [-0.39, 0.29) is 17.9 Å². The summed E-state index contributed by atoms with van der Waals surface area (Å²) in [5, 5.41) is 8.22. The molecular weight excluding hydrogens is 366 g/mol. The van der Waals surface area contributed by atoms with E-state index in [0.717, 1.165) is 44.8 Å². The van der Waals surface area contributed by atoms with Crippen LogP contribution in [0, 0.1) is 0 Å². The molecule has 2 aliphatic rings. The van der Waals surface area contributed by atoms with Gasteiger partial charge in [-0.15, -0.1) is 0 Å². The van der Waals surface area contributed by atoms with E-state index in [9.17, 15) is 4.79 Å². The number of nitrogens with one attached hydrogen (secondary N) is 1. The number of aromatic nitrogens is 2.